The van der Waals surface area contributed by atoms with E-state index in [1.54, 1.807) is 7.11 Å². The molecule has 1 atom stereocenters. The van der Waals surface area contributed by atoms with Crippen LogP contribution in [0, 0.1) is 6.92 Å². The number of anilines is 2. The molecule has 0 aliphatic rings. The van der Waals surface area contributed by atoms with Crippen LogP contribution in [0.1, 0.15) is 24.1 Å². The third-order valence-electron chi connectivity index (χ3n) is 3.62. The van der Waals surface area contributed by atoms with E-state index in [1.807, 2.05) is 20.2 Å². The number of hydrogen-bond acceptors (Lipinski definition) is 3. The molecule has 0 fully saturated rings. The number of methoxy groups -OCH3 is 1. The summed E-state index contributed by atoms with van der Waals surface area (Å²) in [5.74, 6) is 0.922. The van der Waals surface area contributed by atoms with Gasteiger partial charge in [0, 0.05) is 31.0 Å². The summed E-state index contributed by atoms with van der Waals surface area (Å²) in [6.07, 6.45) is 0. The number of nitrogens with one attached hydrogen (secondary N) is 1. The van der Waals surface area contributed by atoms with Crippen LogP contribution in [0.5, 0.6) is 5.75 Å². The van der Waals surface area contributed by atoms with Gasteiger partial charge in [-0.3, -0.25) is 0 Å². The molecule has 2 aromatic rings. The number of rotatable bonds is 5. The highest BCUT2D eigenvalue weighted by Crippen LogP contribution is 2.29. The molecule has 21 heavy (non-hydrogen) atoms. The molecule has 0 saturated heterocycles. The first-order valence-corrected chi connectivity index (χ1v) is 7.19. The Bertz CT molecular complexity index is 591. The summed E-state index contributed by atoms with van der Waals surface area (Å²) in [5.41, 5.74) is 4.72. The Labute approximate surface area is 127 Å². The second-order valence-corrected chi connectivity index (χ2v) is 5.55. The Kier molecular flexibility index (Phi) is 4.73. The van der Waals surface area contributed by atoms with E-state index in [-0.39, 0.29) is 6.04 Å². The van der Waals surface area contributed by atoms with Crippen LogP contribution in [0.25, 0.3) is 0 Å². The maximum absolute atomic E-state index is 5.46. The van der Waals surface area contributed by atoms with Crippen LogP contribution in [0.3, 0.4) is 0 Å². The fourth-order valence-corrected chi connectivity index (χ4v) is 2.38. The van der Waals surface area contributed by atoms with Crippen molar-refractivity contribution in [2.45, 2.75) is 19.9 Å². The lowest BCUT2D eigenvalue weighted by Gasteiger charge is -2.20. The molecular weight excluding hydrogens is 260 g/mol. The highest BCUT2D eigenvalue weighted by Gasteiger charge is 2.11. The van der Waals surface area contributed by atoms with Crippen molar-refractivity contribution in [3.63, 3.8) is 0 Å². The highest BCUT2D eigenvalue weighted by atomic mass is 16.5. The zero-order chi connectivity index (χ0) is 15.4. The molecule has 0 aromatic heterocycles. The normalized spacial score (nSPS) is 11.9. The van der Waals surface area contributed by atoms with E-state index in [1.165, 1.54) is 16.8 Å². The van der Waals surface area contributed by atoms with Crippen molar-refractivity contribution < 1.29 is 4.74 Å². The van der Waals surface area contributed by atoms with Crippen molar-refractivity contribution in [1.29, 1.82) is 0 Å². The summed E-state index contributed by atoms with van der Waals surface area (Å²) >= 11 is 0. The van der Waals surface area contributed by atoms with Gasteiger partial charge in [-0.15, -0.1) is 0 Å². The summed E-state index contributed by atoms with van der Waals surface area (Å²) in [4.78, 5) is 2.09. The van der Waals surface area contributed by atoms with E-state index >= 15 is 0 Å². The fourth-order valence-electron chi connectivity index (χ4n) is 2.38. The monoisotopic (exact) mass is 284 g/mol. The van der Waals surface area contributed by atoms with Crippen molar-refractivity contribution in [1.82, 2.24) is 0 Å². The SMILES string of the molecule is COc1ccc(C)cc1C(C)Nc1ccc(N(C)C)cc1. The van der Waals surface area contributed by atoms with Crippen LogP contribution >= 0.6 is 0 Å². The molecule has 2 aromatic carbocycles. The molecule has 0 heterocycles. The van der Waals surface area contributed by atoms with Gasteiger partial charge >= 0.3 is 0 Å². The molecule has 0 amide bonds. The molecule has 2 rings (SSSR count). The van der Waals surface area contributed by atoms with E-state index in [4.69, 9.17) is 4.74 Å². The Morgan fingerprint density at radius 3 is 2.29 bits per heavy atom. The third kappa shape index (κ3) is 3.69. The van der Waals surface area contributed by atoms with Crippen molar-refractivity contribution in [2.24, 2.45) is 0 Å². The Hall–Kier alpha value is -2.16. The van der Waals surface area contributed by atoms with Gasteiger partial charge in [0.1, 0.15) is 5.75 Å². The summed E-state index contributed by atoms with van der Waals surface area (Å²) in [6, 6.07) is 14.9. The number of ether oxygens (including phenoxy) is 1. The molecule has 3 heteroatoms. The maximum atomic E-state index is 5.46. The van der Waals surface area contributed by atoms with Gasteiger partial charge in [-0.05, 0) is 44.2 Å². The van der Waals surface area contributed by atoms with Gasteiger partial charge < -0.3 is 15.0 Å². The van der Waals surface area contributed by atoms with Crippen molar-refractivity contribution in [3.8, 4) is 5.75 Å². The Morgan fingerprint density at radius 1 is 1.05 bits per heavy atom. The van der Waals surface area contributed by atoms with Crippen LogP contribution in [0.2, 0.25) is 0 Å². The zero-order valence-electron chi connectivity index (χ0n) is 13.5. The van der Waals surface area contributed by atoms with E-state index in [2.05, 4.69) is 60.5 Å². The second-order valence-electron chi connectivity index (χ2n) is 5.55. The number of nitrogens with zero attached hydrogens (tertiary/aromatic N) is 1. The van der Waals surface area contributed by atoms with Gasteiger partial charge in [-0.25, -0.2) is 0 Å². The van der Waals surface area contributed by atoms with Gasteiger partial charge in [-0.1, -0.05) is 17.7 Å². The van der Waals surface area contributed by atoms with E-state index < -0.39 is 0 Å². The third-order valence-corrected chi connectivity index (χ3v) is 3.62. The standard InChI is InChI=1S/C18H24N2O/c1-13-6-11-18(21-5)17(12-13)14(2)19-15-7-9-16(10-8-15)20(3)4/h6-12,14,19H,1-5H3. The number of hydrogen-bond donors (Lipinski definition) is 1. The lowest BCUT2D eigenvalue weighted by Crippen LogP contribution is -2.10. The zero-order valence-corrected chi connectivity index (χ0v) is 13.5. The largest absolute Gasteiger partial charge is 0.496 e. The van der Waals surface area contributed by atoms with Crippen molar-refractivity contribution in [2.75, 3.05) is 31.4 Å². The van der Waals surface area contributed by atoms with Crippen molar-refractivity contribution in [3.05, 3.63) is 53.6 Å². The summed E-state index contributed by atoms with van der Waals surface area (Å²) in [6.45, 7) is 4.25. The lowest BCUT2D eigenvalue weighted by atomic mass is 10.0. The molecule has 0 spiro atoms. The van der Waals surface area contributed by atoms with Gasteiger partial charge in [0.25, 0.3) is 0 Å². The maximum Gasteiger partial charge on any atom is 0.124 e. The number of benzene rings is 2. The summed E-state index contributed by atoms with van der Waals surface area (Å²) in [7, 11) is 5.80. The molecule has 0 aliphatic carbocycles. The Morgan fingerprint density at radius 2 is 1.71 bits per heavy atom. The summed E-state index contributed by atoms with van der Waals surface area (Å²) < 4.78 is 5.46. The van der Waals surface area contributed by atoms with E-state index in [0.29, 0.717) is 0 Å². The first-order valence-electron chi connectivity index (χ1n) is 7.19. The van der Waals surface area contributed by atoms with Gasteiger partial charge in [0.05, 0.1) is 13.2 Å². The van der Waals surface area contributed by atoms with Crippen LogP contribution in [-0.4, -0.2) is 21.2 Å². The predicted molar refractivity (Wildman–Crippen MR) is 90.5 cm³/mol. The smallest absolute Gasteiger partial charge is 0.124 e. The summed E-state index contributed by atoms with van der Waals surface area (Å²) in [5, 5.41) is 3.53. The van der Waals surface area contributed by atoms with Crippen LogP contribution in [0.4, 0.5) is 11.4 Å². The molecule has 0 bridgehead atoms. The van der Waals surface area contributed by atoms with E-state index in [9.17, 15) is 0 Å². The highest BCUT2D eigenvalue weighted by molar-refractivity contribution is 5.55. The molecule has 0 radical (unpaired) electrons. The van der Waals surface area contributed by atoms with Crippen LogP contribution < -0.4 is 15.0 Å². The molecule has 112 valence electrons. The average molecular weight is 284 g/mol. The minimum absolute atomic E-state index is 0.185. The first-order chi connectivity index (χ1) is 10.0. The molecule has 0 aliphatic heterocycles. The molecule has 1 N–H and O–H groups in total. The van der Waals surface area contributed by atoms with E-state index in [0.717, 1.165) is 11.4 Å². The Balaban J connectivity index is 2.17. The van der Waals surface area contributed by atoms with Gasteiger partial charge in [-0.2, -0.15) is 0 Å². The minimum Gasteiger partial charge on any atom is -0.496 e. The average Bonchev–Trinajstić information content (AvgIpc) is 2.47. The first kappa shape index (κ1) is 15.2. The van der Waals surface area contributed by atoms with Gasteiger partial charge in [0.2, 0.25) is 0 Å². The van der Waals surface area contributed by atoms with Gasteiger partial charge in [0.15, 0.2) is 0 Å². The van der Waals surface area contributed by atoms with Crippen LogP contribution in [-0.2, 0) is 0 Å². The molecule has 3 nitrogen and oxygen atoms in total. The molecule has 1 unspecified atom stereocenters. The predicted octanol–water partition coefficient (Wildman–Crippen LogP) is 4.24. The second kappa shape index (κ2) is 6.53. The quantitative estimate of drug-likeness (QED) is 0.888. The van der Waals surface area contributed by atoms with Crippen LogP contribution in [0.15, 0.2) is 42.5 Å². The van der Waals surface area contributed by atoms with Crippen molar-refractivity contribution >= 4 is 11.4 Å². The fraction of sp³-hybridized carbons (Fsp3) is 0.333. The molecular formula is C18H24N2O. The number of aryl methyl sites for hydroxylation is 1. The minimum atomic E-state index is 0.185. The topological polar surface area (TPSA) is 24.5 Å². The lowest BCUT2D eigenvalue weighted by molar-refractivity contribution is 0.408. The molecule has 0 saturated carbocycles.